The minimum absolute atomic E-state index is 0.0908. The maximum atomic E-state index is 12.4. The number of nitrogens with zero attached hydrogens (tertiary/aromatic N) is 2. The van der Waals surface area contributed by atoms with Crippen LogP contribution >= 0.6 is 11.8 Å². The van der Waals surface area contributed by atoms with Crippen molar-refractivity contribution < 1.29 is 14.3 Å². The number of hydrogen-bond donors (Lipinski definition) is 0. The number of thioether (sulfide) groups is 1. The van der Waals surface area contributed by atoms with E-state index >= 15 is 0 Å². The van der Waals surface area contributed by atoms with Gasteiger partial charge in [-0.05, 0) is 56.0 Å². The van der Waals surface area contributed by atoms with Gasteiger partial charge in [0.25, 0.3) is 5.24 Å². The van der Waals surface area contributed by atoms with E-state index in [-0.39, 0.29) is 22.4 Å². The summed E-state index contributed by atoms with van der Waals surface area (Å²) in [5.74, 6) is 0.700. The summed E-state index contributed by atoms with van der Waals surface area (Å²) in [6.45, 7) is 6.40. The Kier molecular flexibility index (Phi) is 6.73. The summed E-state index contributed by atoms with van der Waals surface area (Å²) in [6, 6.07) is 11.8. The summed E-state index contributed by atoms with van der Waals surface area (Å²) in [4.78, 5) is 30.2. The van der Waals surface area contributed by atoms with Crippen molar-refractivity contribution in [2.24, 2.45) is 0 Å². The van der Waals surface area contributed by atoms with Crippen LogP contribution in [0, 0.1) is 0 Å². The fourth-order valence-corrected chi connectivity index (χ4v) is 4.24. The van der Waals surface area contributed by atoms with E-state index in [0.29, 0.717) is 13.0 Å². The molecular formula is C22H26N2O3S. The van der Waals surface area contributed by atoms with E-state index in [4.69, 9.17) is 4.74 Å². The van der Waals surface area contributed by atoms with Crippen LogP contribution in [-0.4, -0.2) is 38.9 Å². The molecule has 6 heteroatoms. The number of aromatic nitrogens is 1. The molecule has 1 saturated heterocycles. The normalized spacial score (nSPS) is 16.9. The van der Waals surface area contributed by atoms with Gasteiger partial charge in [-0.25, -0.2) is 0 Å². The summed E-state index contributed by atoms with van der Waals surface area (Å²) in [6.07, 6.45) is 4.21. The van der Waals surface area contributed by atoms with Gasteiger partial charge in [0.2, 0.25) is 5.91 Å². The summed E-state index contributed by atoms with van der Waals surface area (Å²) < 4.78 is 5.80. The smallest absolute Gasteiger partial charge is 0.289 e. The van der Waals surface area contributed by atoms with E-state index in [0.717, 1.165) is 41.6 Å². The Balaban J connectivity index is 1.49. The molecule has 0 saturated carbocycles. The molecule has 0 bridgehead atoms. The number of hydrogen-bond acceptors (Lipinski definition) is 5. The number of carbonyl (C=O) groups excluding carboxylic acids is 2. The molecule has 1 aromatic heterocycles. The number of amides is 2. The Morgan fingerprint density at radius 2 is 1.82 bits per heavy atom. The second-order valence-corrected chi connectivity index (χ2v) is 8.29. The van der Waals surface area contributed by atoms with Gasteiger partial charge in [0.05, 0.1) is 11.9 Å². The highest BCUT2D eigenvalue weighted by Gasteiger charge is 2.40. The van der Waals surface area contributed by atoms with Crippen molar-refractivity contribution in [1.29, 1.82) is 0 Å². The third kappa shape index (κ3) is 4.93. The standard InChI is InChI=1S/C22H26N2O3S/c1-4-16-5-8-18(23-14-16)11-12-27-19-9-6-17(7-10-19)13-20-21(25)24(15(2)3)22(26)28-20/h5-10,14-15,20H,4,11-13H2,1-3H3. The predicted molar refractivity (Wildman–Crippen MR) is 112 cm³/mol. The molecular weight excluding hydrogens is 372 g/mol. The minimum Gasteiger partial charge on any atom is -0.493 e. The van der Waals surface area contributed by atoms with E-state index in [1.807, 2.05) is 50.4 Å². The van der Waals surface area contributed by atoms with E-state index in [1.165, 1.54) is 10.5 Å². The van der Waals surface area contributed by atoms with Crippen molar-refractivity contribution in [2.75, 3.05) is 6.61 Å². The third-order valence-corrected chi connectivity index (χ3v) is 5.79. The van der Waals surface area contributed by atoms with Gasteiger partial charge < -0.3 is 4.74 Å². The zero-order valence-corrected chi connectivity index (χ0v) is 17.4. The third-order valence-electron chi connectivity index (χ3n) is 4.73. The van der Waals surface area contributed by atoms with Crippen LogP contribution in [-0.2, 0) is 24.1 Å². The maximum Gasteiger partial charge on any atom is 0.289 e. The van der Waals surface area contributed by atoms with Crippen molar-refractivity contribution in [3.63, 3.8) is 0 Å². The molecule has 1 aliphatic heterocycles. The van der Waals surface area contributed by atoms with Crippen LogP contribution in [0.15, 0.2) is 42.6 Å². The summed E-state index contributed by atoms with van der Waals surface area (Å²) in [5.41, 5.74) is 3.27. The number of aryl methyl sites for hydroxylation is 1. The van der Waals surface area contributed by atoms with Gasteiger partial charge in [-0.1, -0.05) is 36.9 Å². The van der Waals surface area contributed by atoms with Crippen molar-refractivity contribution in [2.45, 2.75) is 51.3 Å². The average Bonchev–Trinajstić information content (AvgIpc) is 2.97. The maximum absolute atomic E-state index is 12.4. The number of carbonyl (C=O) groups is 2. The summed E-state index contributed by atoms with van der Waals surface area (Å²) in [7, 11) is 0. The lowest BCUT2D eigenvalue weighted by Crippen LogP contribution is -2.37. The van der Waals surface area contributed by atoms with Crippen molar-refractivity contribution in [1.82, 2.24) is 9.88 Å². The molecule has 1 aliphatic rings. The fourth-order valence-electron chi connectivity index (χ4n) is 3.09. The molecule has 2 amide bonds. The van der Waals surface area contributed by atoms with E-state index < -0.39 is 0 Å². The molecule has 28 heavy (non-hydrogen) atoms. The van der Waals surface area contributed by atoms with Gasteiger partial charge in [-0.15, -0.1) is 0 Å². The lowest BCUT2D eigenvalue weighted by atomic mass is 10.1. The van der Waals surface area contributed by atoms with Crippen molar-refractivity contribution >= 4 is 22.9 Å². The van der Waals surface area contributed by atoms with E-state index in [2.05, 4.69) is 18.0 Å². The Hall–Kier alpha value is -2.34. The number of pyridine rings is 1. The number of ether oxygens (including phenoxy) is 1. The van der Waals surface area contributed by atoms with Crippen LogP contribution in [0.4, 0.5) is 4.79 Å². The van der Waals surface area contributed by atoms with Gasteiger partial charge in [0.15, 0.2) is 0 Å². The monoisotopic (exact) mass is 398 g/mol. The highest BCUT2D eigenvalue weighted by Crippen LogP contribution is 2.31. The lowest BCUT2D eigenvalue weighted by molar-refractivity contribution is -0.127. The first-order valence-corrected chi connectivity index (χ1v) is 10.5. The predicted octanol–water partition coefficient (Wildman–Crippen LogP) is 4.28. The highest BCUT2D eigenvalue weighted by atomic mass is 32.2. The van der Waals surface area contributed by atoms with Crippen LogP contribution in [0.2, 0.25) is 0 Å². The van der Waals surface area contributed by atoms with Crippen LogP contribution < -0.4 is 4.74 Å². The Labute approximate surface area is 170 Å². The van der Waals surface area contributed by atoms with Gasteiger partial charge in [0, 0.05) is 24.4 Å². The number of benzene rings is 1. The molecule has 1 aromatic carbocycles. The second-order valence-electron chi connectivity index (χ2n) is 7.13. The van der Waals surface area contributed by atoms with Crippen LogP contribution in [0.3, 0.4) is 0 Å². The molecule has 3 rings (SSSR count). The van der Waals surface area contributed by atoms with E-state index in [9.17, 15) is 9.59 Å². The average molecular weight is 399 g/mol. The van der Waals surface area contributed by atoms with Gasteiger partial charge in [-0.2, -0.15) is 0 Å². The molecule has 1 fully saturated rings. The molecule has 0 radical (unpaired) electrons. The van der Waals surface area contributed by atoms with Crippen molar-refractivity contribution in [3.05, 3.63) is 59.4 Å². The van der Waals surface area contributed by atoms with Gasteiger partial charge in [0.1, 0.15) is 5.75 Å². The summed E-state index contributed by atoms with van der Waals surface area (Å²) >= 11 is 1.12. The first kappa shape index (κ1) is 20.4. The largest absolute Gasteiger partial charge is 0.493 e. The zero-order valence-electron chi connectivity index (χ0n) is 16.6. The van der Waals surface area contributed by atoms with Crippen LogP contribution in [0.25, 0.3) is 0 Å². The highest BCUT2D eigenvalue weighted by molar-refractivity contribution is 8.15. The van der Waals surface area contributed by atoms with Crippen molar-refractivity contribution in [3.8, 4) is 5.75 Å². The van der Waals surface area contributed by atoms with Gasteiger partial charge in [-0.3, -0.25) is 19.5 Å². The molecule has 2 heterocycles. The SMILES string of the molecule is CCc1ccc(CCOc2ccc(CC3SC(=O)N(C(C)C)C3=O)cc2)nc1. The first-order chi connectivity index (χ1) is 13.5. The molecule has 1 unspecified atom stereocenters. The molecule has 2 aromatic rings. The Morgan fingerprint density at radius 1 is 1.11 bits per heavy atom. The summed E-state index contributed by atoms with van der Waals surface area (Å²) in [5, 5.41) is -0.482. The zero-order chi connectivity index (χ0) is 20.1. The van der Waals surface area contributed by atoms with Gasteiger partial charge >= 0.3 is 0 Å². The lowest BCUT2D eigenvalue weighted by Gasteiger charge is -2.17. The van der Waals surface area contributed by atoms with Crippen LogP contribution in [0.5, 0.6) is 5.75 Å². The fraction of sp³-hybridized carbons (Fsp3) is 0.409. The number of rotatable bonds is 8. The van der Waals surface area contributed by atoms with Crippen LogP contribution in [0.1, 0.15) is 37.6 Å². The molecule has 0 aliphatic carbocycles. The molecule has 1 atom stereocenters. The second kappa shape index (κ2) is 9.24. The Morgan fingerprint density at radius 3 is 2.39 bits per heavy atom. The quantitative estimate of drug-likeness (QED) is 0.664. The Bertz CT molecular complexity index is 819. The molecule has 0 N–H and O–H groups in total. The van der Waals surface area contributed by atoms with E-state index in [1.54, 1.807) is 0 Å². The minimum atomic E-state index is -0.334. The molecule has 148 valence electrons. The first-order valence-electron chi connectivity index (χ1n) is 9.67. The molecule has 5 nitrogen and oxygen atoms in total. The topological polar surface area (TPSA) is 59.5 Å². The number of imide groups is 1. The molecule has 0 spiro atoms.